The molecule has 1 rings (SSSR count). The second kappa shape index (κ2) is 6.19. The van der Waals surface area contributed by atoms with Gasteiger partial charge in [-0.15, -0.1) is 0 Å². The Morgan fingerprint density at radius 1 is 1.53 bits per heavy atom. The monoisotopic (exact) mass is 282 g/mol. The Labute approximate surface area is 114 Å². The number of rotatable bonds is 6. The van der Waals surface area contributed by atoms with Gasteiger partial charge in [-0.3, -0.25) is 9.71 Å². The molecule has 0 aliphatic heterocycles. The van der Waals surface area contributed by atoms with Crippen LogP contribution in [0, 0.1) is 6.92 Å². The maximum absolute atomic E-state index is 12.2. The lowest BCUT2D eigenvalue weighted by Crippen LogP contribution is -2.22. The van der Waals surface area contributed by atoms with Crippen LogP contribution in [0.4, 0.5) is 0 Å². The third kappa shape index (κ3) is 3.69. The number of benzene rings is 1. The summed E-state index contributed by atoms with van der Waals surface area (Å²) >= 11 is 0. The van der Waals surface area contributed by atoms with E-state index in [1.807, 2.05) is 6.92 Å². The van der Waals surface area contributed by atoms with E-state index < -0.39 is 10.0 Å². The van der Waals surface area contributed by atoms with Gasteiger partial charge in [-0.25, -0.2) is 8.42 Å². The molecule has 0 atom stereocenters. The molecule has 0 aliphatic rings. The first-order chi connectivity index (χ1) is 8.94. The topological polar surface area (TPSA) is 67.8 Å². The summed E-state index contributed by atoms with van der Waals surface area (Å²) in [7, 11) is -2.34. The van der Waals surface area contributed by atoms with Gasteiger partial charge >= 0.3 is 0 Å². The molecule has 0 fully saturated rings. The average Bonchev–Trinajstić information content (AvgIpc) is 2.37. The lowest BCUT2D eigenvalue weighted by atomic mass is 10.2. The highest BCUT2D eigenvalue weighted by Gasteiger charge is 2.19. The second-order valence-corrected chi connectivity index (χ2v) is 5.38. The van der Waals surface area contributed by atoms with Crippen LogP contribution in [-0.2, 0) is 10.0 Å². The third-order valence-electron chi connectivity index (χ3n) is 2.31. The molecule has 0 saturated heterocycles. The summed E-state index contributed by atoms with van der Waals surface area (Å²) in [6.07, 6.45) is 2.61. The predicted molar refractivity (Wildman–Crippen MR) is 78.0 cm³/mol. The van der Waals surface area contributed by atoms with Crippen LogP contribution in [-0.4, -0.2) is 22.2 Å². The maximum atomic E-state index is 12.2. The van der Waals surface area contributed by atoms with Crippen molar-refractivity contribution in [2.75, 3.05) is 7.11 Å². The van der Waals surface area contributed by atoms with Gasteiger partial charge in [0.2, 0.25) is 0 Å². The molecule has 0 aromatic heterocycles. The van der Waals surface area contributed by atoms with Crippen LogP contribution < -0.4 is 9.46 Å². The first-order valence-electron chi connectivity index (χ1n) is 5.40. The van der Waals surface area contributed by atoms with Gasteiger partial charge in [-0.05, 0) is 37.4 Å². The molecule has 6 heteroatoms. The average molecular weight is 282 g/mol. The third-order valence-corrected chi connectivity index (χ3v) is 3.73. The van der Waals surface area contributed by atoms with Gasteiger partial charge in [0.1, 0.15) is 10.6 Å². The zero-order chi connectivity index (χ0) is 14.5. The van der Waals surface area contributed by atoms with Crippen LogP contribution >= 0.6 is 0 Å². The minimum atomic E-state index is -3.76. The van der Waals surface area contributed by atoms with E-state index >= 15 is 0 Å². The van der Waals surface area contributed by atoms with Gasteiger partial charge in [0.05, 0.1) is 19.0 Å². The maximum Gasteiger partial charge on any atom is 0.265 e. The Morgan fingerprint density at radius 3 is 2.74 bits per heavy atom. The fraction of sp³-hybridized carbons (Fsp3) is 0.154. The van der Waals surface area contributed by atoms with E-state index in [0.29, 0.717) is 0 Å². The summed E-state index contributed by atoms with van der Waals surface area (Å²) in [6, 6.07) is 4.83. The number of hydrogen-bond acceptors (Lipinski definition) is 4. The summed E-state index contributed by atoms with van der Waals surface area (Å²) in [6.45, 7) is 8.61. The van der Waals surface area contributed by atoms with Gasteiger partial charge in [0.15, 0.2) is 0 Å². The Bertz CT molecular complexity index is 625. The lowest BCUT2D eigenvalue weighted by Gasteiger charge is -2.12. The van der Waals surface area contributed by atoms with E-state index in [9.17, 15) is 8.42 Å². The van der Waals surface area contributed by atoms with Crippen LogP contribution in [0.2, 0.25) is 0 Å². The lowest BCUT2D eigenvalue weighted by molar-refractivity contribution is 0.402. The molecular weight excluding hydrogens is 264 g/mol. The summed E-state index contributed by atoms with van der Waals surface area (Å²) in [5.74, 6) is 0.280. The predicted octanol–water partition coefficient (Wildman–Crippen LogP) is 2.26. The quantitative estimate of drug-likeness (QED) is 0.643. The molecule has 1 aromatic rings. The second-order valence-electron chi connectivity index (χ2n) is 3.73. The zero-order valence-electron chi connectivity index (χ0n) is 10.9. The number of sulfonamides is 1. The Kier molecular flexibility index (Phi) is 4.88. The molecule has 0 saturated carbocycles. The van der Waals surface area contributed by atoms with Gasteiger partial charge in [-0.1, -0.05) is 12.6 Å². The molecule has 19 heavy (non-hydrogen) atoms. The van der Waals surface area contributed by atoms with E-state index in [1.165, 1.54) is 25.5 Å². The van der Waals surface area contributed by atoms with Crippen LogP contribution in [0.5, 0.6) is 5.75 Å². The molecule has 0 aliphatic carbocycles. The fourth-order valence-electron chi connectivity index (χ4n) is 1.43. The number of aliphatic imine (C=N–C) groups is 1. The first-order valence-corrected chi connectivity index (χ1v) is 6.89. The molecule has 1 aromatic carbocycles. The molecular formula is C13H18N2O3S. The molecule has 104 valence electrons. The van der Waals surface area contributed by atoms with Gasteiger partial charge in [0, 0.05) is 1.43 Å². The SMILES string of the molecule is C=C/C(=C\N=C)NS(=O)(=O)c1ccc(C)cc1OC.[HH]. The van der Waals surface area contributed by atoms with Crippen molar-refractivity contribution < 1.29 is 14.6 Å². The molecule has 0 bridgehead atoms. The molecule has 1 N–H and O–H groups in total. The van der Waals surface area contributed by atoms with Crippen molar-refractivity contribution in [1.29, 1.82) is 0 Å². The van der Waals surface area contributed by atoms with Crippen molar-refractivity contribution in [2.24, 2.45) is 4.99 Å². The van der Waals surface area contributed by atoms with Crippen molar-refractivity contribution in [2.45, 2.75) is 11.8 Å². The van der Waals surface area contributed by atoms with Crippen molar-refractivity contribution in [1.82, 2.24) is 4.72 Å². The Hall–Kier alpha value is -2.08. The van der Waals surface area contributed by atoms with Crippen molar-refractivity contribution in [3.63, 3.8) is 0 Å². The van der Waals surface area contributed by atoms with Gasteiger partial charge in [0.25, 0.3) is 10.0 Å². The molecule has 0 heterocycles. The summed E-state index contributed by atoms with van der Waals surface area (Å²) in [5, 5.41) is 0. The number of methoxy groups -OCH3 is 1. The largest absolute Gasteiger partial charge is 0.495 e. The summed E-state index contributed by atoms with van der Waals surface area (Å²) < 4.78 is 31.9. The molecule has 5 nitrogen and oxygen atoms in total. The van der Waals surface area contributed by atoms with Crippen LogP contribution in [0.3, 0.4) is 0 Å². The number of aryl methyl sites for hydroxylation is 1. The minimum Gasteiger partial charge on any atom is -0.495 e. The van der Waals surface area contributed by atoms with E-state index in [1.54, 1.807) is 12.1 Å². The smallest absolute Gasteiger partial charge is 0.265 e. The van der Waals surface area contributed by atoms with Gasteiger partial charge in [-0.2, -0.15) is 0 Å². The van der Waals surface area contributed by atoms with Crippen molar-refractivity contribution in [3.05, 3.63) is 48.3 Å². The first kappa shape index (κ1) is 15.0. The minimum absolute atomic E-state index is 0. The number of allylic oxidation sites excluding steroid dienone is 1. The molecule has 0 amide bonds. The normalized spacial score (nSPS) is 11.8. The van der Waals surface area contributed by atoms with E-state index in [-0.39, 0.29) is 17.8 Å². The number of nitrogens with one attached hydrogen (secondary N) is 1. The highest BCUT2D eigenvalue weighted by molar-refractivity contribution is 7.89. The van der Waals surface area contributed by atoms with Crippen LogP contribution in [0.25, 0.3) is 0 Å². The Morgan fingerprint density at radius 2 is 2.21 bits per heavy atom. The van der Waals surface area contributed by atoms with Crippen LogP contribution in [0.1, 0.15) is 6.99 Å². The number of ether oxygens (including phenoxy) is 1. The Balaban J connectivity index is 0.00000361. The van der Waals surface area contributed by atoms with Crippen LogP contribution in [0.15, 0.2) is 52.6 Å². The molecule has 0 spiro atoms. The number of hydrogen-bond donors (Lipinski definition) is 1. The highest BCUT2D eigenvalue weighted by atomic mass is 32.2. The molecule has 0 radical (unpaired) electrons. The van der Waals surface area contributed by atoms with Gasteiger partial charge < -0.3 is 4.74 Å². The van der Waals surface area contributed by atoms with E-state index in [0.717, 1.165) is 5.56 Å². The van der Waals surface area contributed by atoms with Crippen molar-refractivity contribution in [3.8, 4) is 5.75 Å². The number of nitrogens with zero attached hydrogens (tertiary/aromatic N) is 1. The highest BCUT2D eigenvalue weighted by Crippen LogP contribution is 2.25. The van der Waals surface area contributed by atoms with E-state index in [2.05, 4.69) is 23.0 Å². The summed E-state index contributed by atoms with van der Waals surface area (Å²) in [5.41, 5.74) is 1.14. The molecule has 0 unspecified atom stereocenters. The zero-order valence-corrected chi connectivity index (χ0v) is 11.7. The van der Waals surface area contributed by atoms with Crippen molar-refractivity contribution >= 4 is 16.7 Å². The summed E-state index contributed by atoms with van der Waals surface area (Å²) in [4.78, 5) is 3.55. The van der Waals surface area contributed by atoms with E-state index in [4.69, 9.17) is 4.74 Å². The fourth-order valence-corrected chi connectivity index (χ4v) is 2.64. The standard InChI is InChI=1S/C13H16N2O3S.H2/c1-5-11(9-14-3)15-19(16,17)13-7-6-10(2)8-12(13)18-4;/h5-9,15H,1,3H2,2,4H3;1H/b11-9+;.